The van der Waals surface area contributed by atoms with E-state index in [1.54, 1.807) is 0 Å². The lowest BCUT2D eigenvalue weighted by Gasteiger charge is -2.32. The van der Waals surface area contributed by atoms with E-state index in [4.69, 9.17) is 5.41 Å². The molecule has 0 saturated heterocycles. The molecular weight excluding hydrogens is 194 g/mol. The van der Waals surface area contributed by atoms with E-state index in [-0.39, 0.29) is 0 Å². The molecule has 88 valence electrons. The lowest BCUT2D eigenvalue weighted by molar-refractivity contribution is 0.377. The third kappa shape index (κ3) is 3.19. The first-order valence-electron chi connectivity index (χ1n) is 6.03. The predicted molar refractivity (Wildman–Crippen MR) is 72.0 cm³/mol. The third-order valence-corrected chi connectivity index (χ3v) is 3.40. The van der Waals surface area contributed by atoms with E-state index in [9.17, 15) is 0 Å². The molecule has 1 rings (SSSR count). The molecule has 0 unspecified atom stereocenters. The van der Waals surface area contributed by atoms with Gasteiger partial charge in [-0.1, -0.05) is 31.6 Å². The van der Waals surface area contributed by atoms with Crippen molar-refractivity contribution >= 4 is 6.21 Å². The second-order valence-corrected chi connectivity index (χ2v) is 5.34. The summed E-state index contributed by atoms with van der Waals surface area (Å²) in [5.41, 5.74) is 4.45. The first-order valence-corrected chi connectivity index (χ1v) is 6.03. The lowest BCUT2D eigenvalue weighted by Crippen LogP contribution is -2.19. The highest BCUT2D eigenvalue weighted by molar-refractivity contribution is 5.69. The molecule has 1 heteroatoms. The van der Waals surface area contributed by atoms with Crippen LogP contribution in [0, 0.1) is 10.8 Å². The van der Waals surface area contributed by atoms with Gasteiger partial charge < -0.3 is 5.41 Å². The van der Waals surface area contributed by atoms with Crippen molar-refractivity contribution in [3.05, 3.63) is 34.9 Å². The maximum Gasteiger partial charge on any atom is 0.0180 e. The van der Waals surface area contributed by atoms with Crippen LogP contribution in [0.4, 0.5) is 0 Å². The molecule has 0 radical (unpaired) electrons. The van der Waals surface area contributed by atoms with Crippen molar-refractivity contribution < 1.29 is 0 Å². The Balaban J connectivity index is 2.93. The summed E-state index contributed by atoms with van der Waals surface area (Å²) in [5, 5.41) is 7.03. The summed E-state index contributed by atoms with van der Waals surface area (Å²) in [7, 11) is 0. The molecule has 1 N–H and O–H groups in total. The standard InChI is InChI=1S/C15H23N/c1-12(9-11-16)7-8-14-13(2)6-5-10-15(14,3)4/h7-9,11,16H,5-6,10H2,1-4H3/b8-7+,12-9+,16-11?. The molecule has 0 spiro atoms. The zero-order chi connectivity index (χ0) is 12.2. The third-order valence-electron chi connectivity index (χ3n) is 3.40. The van der Waals surface area contributed by atoms with Gasteiger partial charge in [-0.2, -0.15) is 0 Å². The van der Waals surface area contributed by atoms with Crippen LogP contribution in [0.2, 0.25) is 0 Å². The highest BCUT2D eigenvalue weighted by Gasteiger charge is 2.26. The molecule has 0 aliphatic heterocycles. The Bertz CT molecular complexity index is 354. The normalized spacial score (nSPS) is 21.6. The molecule has 0 aromatic carbocycles. The van der Waals surface area contributed by atoms with Crippen LogP contribution in [0.3, 0.4) is 0 Å². The molecule has 1 aliphatic carbocycles. The van der Waals surface area contributed by atoms with Crippen molar-refractivity contribution in [3.8, 4) is 0 Å². The SMILES string of the molecule is CC1=C(/C=C/C(C)=C/C=N)C(C)(C)CCC1. The van der Waals surface area contributed by atoms with Crippen LogP contribution < -0.4 is 0 Å². The summed E-state index contributed by atoms with van der Waals surface area (Å²) < 4.78 is 0. The maximum atomic E-state index is 7.03. The predicted octanol–water partition coefficient (Wildman–Crippen LogP) is 4.67. The van der Waals surface area contributed by atoms with E-state index >= 15 is 0 Å². The molecule has 0 fully saturated rings. The minimum absolute atomic E-state index is 0.309. The number of rotatable bonds is 3. The fourth-order valence-corrected chi connectivity index (χ4v) is 2.41. The van der Waals surface area contributed by atoms with Crippen LogP contribution in [0.5, 0.6) is 0 Å². The van der Waals surface area contributed by atoms with Crippen LogP contribution in [0.1, 0.15) is 47.0 Å². The summed E-state index contributed by atoms with van der Waals surface area (Å²) in [4.78, 5) is 0. The molecule has 0 saturated carbocycles. The van der Waals surface area contributed by atoms with Crippen LogP contribution in [-0.2, 0) is 0 Å². The van der Waals surface area contributed by atoms with Gasteiger partial charge in [0.25, 0.3) is 0 Å². The van der Waals surface area contributed by atoms with Crippen LogP contribution in [-0.4, -0.2) is 6.21 Å². The minimum atomic E-state index is 0.309. The molecule has 1 aliphatic rings. The van der Waals surface area contributed by atoms with E-state index in [1.165, 1.54) is 36.6 Å². The molecule has 16 heavy (non-hydrogen) atoms. The minimum Gasteiger partial charge on any atom is -0.309 e. The van der Waals surface area contributed by atoms with Gasteiger partial charge in [-0.05, 0) is 55.7 Å². The molecule has 0 amide bonds. The Morgan fingerprint density at radius 3 is 2.62 bits per heavy atom. The summed E-state index contributed by atoms with van der Waals surface area (Å²) >= 11 is 0. The maximum absolute atomic E-state index is 7.03. The van der Waals surface area contributed by atoms with Gasteiger partial charge in [0.05, 0.1) is 0 Å². The van der Waals surface area contributed by atoms with Gasteiger partial charge in [-0.3, -0.25) is 0 Å². The Hall–Kier alpha value is -1.11. The molecule has 0 aromatic heterocycles. The first kappa shape index (κ1) is 13.0. The molecule has 0 atom stereocenters. The van der Waals surface area contributed by atoms with Gasteiger partial charge >= 0.3 is 0 Å². The topological polar surface area (TPSA) is 23.9 Å². The molecular formula is C15H23N. The fourth-order valence-electron chi connectivity index (χ4n) is 2.41. The highest BCUT2D eigenvalue weighted by Crippen LogP contribution is 2.40. The van der Waals surface area contributed by atoms with Crippen molar-refractivity contribution in [1.82, 2.24) is 0 Å². The summed E-state index contributed by atoms with van der Waals surface area (Å²) in [5.74, 6) is 0. The molecule has 0 bridgehead atoms. The van der Waals surface area contributed by atoms with Gasteiger partial charge in [0, 0.05) is 6.21 Å². The highest BCUT2D eigenvalue weighted by atomic mass is 14.3. The van der Waals surface area contributed by atoms with Crippen LogP contribution >= 0.6 is 0 Å². The average molecular weight is 217 g/mol. The largest absolute Gasteiger partial charge is 0.309 e. The quantitative estimate of drug-likeness (QED) is 0.525. The Kier molecular flexibility index (Phi) is 4.28. The number of hydrogen-bond acceptors (Lipinski definition) is 1. The van der Waals surface area contributed by atoms with E-state index in [0.717, 1.165) is 5.57 Å². The van der Waals surface area contributed by atoms with Gasteiger partial charge in [-0.25, -0.2) is 0 Å². The first-order chi connectivity index (χ1) is 7.47. The number of nitrogens with one attached hydrogen (secondary N) is 1. The molecule has 1 nitrogen and oxygen atoms in total. The van der Waals surface area contributed by atoms with E-state index in [2.05, 4.69) is 32.9 Å². The monoisotopic (exact) mass is 217 g/mol. The number of allylic oxidation sites excluding steroid dienone is 6. The van der Waals surface area contributed by atoms with Gasteiger partial charge in [-0.15, -0.1) is 0 Å². The Morgan fingerprint density at radius 1 is 1.38 bits per heavy atom. The smallest absolute Gasteiger partial charge is 0.0180 e. The van der Waals surface area contributed by atoms with E-state index in [1.807, 2.05) is 13.0 Å². The second-order valence-electron chi connectivity index (χ2n) is 5.34. The summed E-state index contributed by atoms with van der Waals surface area (Å²) in [6.07, 6.45) is 11.3. The van der Waals surface area contributed by atoms with E-state index in [0.29, 0.717) is 5.41 Å². The van der Waals surface area contributed by atoms with Crippen LogP contribution in [0.25, 0.3) is 0 Å². The van der Waals surface area contributed by atoms with Crippen molar-refractivity contribution in [1.29, 1.82) is 5.41 Å². The van der Waals surface area contributed by atoms with Crippen LogP contribution in [0.15, 0.2) is 34.9 Å². The molecule has 0 aromatic rings. The summed E-state index contributed by atoms with van der Waals surface area (Å²) in [6, 6.07) is 0. The lowest BCUT2D eigenvalue weighted by atomic mass is 9.72. The van der Waals surface area contributed by atoms with E-state index < -0.39 is 0 Å². The van der Waals surface area contributed by atoms with Crippen molar-refractivity contribution in [2.75, 3.05) is 0 Å². The average Bonchev–Trinajstić information content (AvgIpc) is 2.16. The number of hydrogen-bond donors (Lipinski definition) is 1. The Morgan fingerprint density at radius 2 is 2.06 bits per heavy atom. The summed E-state index contributed by atoms with van der Waals surface area (Å²) in [6.45, 7) is 8.93. The van der Waals surface area contributed by atoms with Crippen molar-refractivity contribution in [2.24, 2.45) is 5.41 Å². The van der Waals surface area contributed by atoms with Crippen molar-refractivity contribution in [2.45, 2.75) is 47.0 Å². The zero-order valence-corrected chi connectivity index (χ0v) is 10.9. The zero-order valence-electron chi connectivity index (χ0n) is 10.9. The second kappa shape index (κ2) is 5.29. The molecule has 0 heterocycles. The van der Waals surface area contributed by atoms with Gasteiger partial charge in [0.1, 0.15) is 0 Å². The fraction of sp³-hybridized carbons (Fsp3) is 0.533. The van der Waals surface area contributed by atoms with Gasteiger partial charge in [0.15, 0.2) is 0 Å². The Labute approximate surface area is 99.5 Å². The van der Waals surface area contributed by atoms with Gasteiger partial charge in [0.2, 0.25) is 0 Å². The van der Waals surface area contributed by atoms with Crippen molar-refractivity contribution in [3.63, 3.8) is 0 Å².